The molecule has 0 aliphatic rings. The fraction of sp³-hybridized carbons (Fsp3) is 0.143. The number of hydrogen-bond donors (Lipinski definition) is 0. The molecule has 2 nitrogen and oxygen atoms in total. The third kappa shape index (κ3) is 2.27. The Morgan fingerprint density at radius 2 is 1.47 bits per heavy atom. The lowest BCUT2D eigenvalue weighted by Crippen LogP contribution is -2.01. The van der Waals surface area contributed by atoms with E-state index in [1.807, 2.05) is 42.5 Å². The molecule has 2 rings (SSSR count). The Labute approximate surface area is 104 Å². The third-order valence-electron chi connectivity index (χ3n) is 2.65. The van der Waals surface area contributed by atoms with Gasteiger partial charge in [0, 0.05) is 11.1 Å². The van der Waals surface area contributed by atoms with Crippen molar-refractivity contribution in [3.8, 4) is 22.6 Å². The molecule has 88 valence electrons. The van der Waals surface area contributed by atoms with Crippen LogP contribution in [0.15, 0.2) is 42.5 Å². The minimum absolute atomic E-state index is 0.848. The second-order valence-corrected chi connectivity index (χ2v) is 4.25. The molecule has 0 radical (unpaired) electrons. The second kappa shape index (κ2) is 5.20. The van der Waals surface area contributed by atoms with E-state index in [1.54, 1.807) is 14.2 Å². The number of benzene rings is 2. The van der Waals surface area contributed by atoms with Crippen LogP contribution in [0, 0.1) is 0 Å². The van der Waals surface area contributed by atoms with Gasteiger partial charge < -0.3 is 9.47 Å². The Balaban J connectivity index is 2.67. The summed E-state index contributed by atoms with van der Waals surface area (Å²) in [5.41, 5.74) is 2.09. The third-order valence-corrected chi connectivity index (χ3v) is 3.14. The van der Waals surface area contributed by atoms with Crippen LogP contribution >= 0.6 is 9.24 Å². The maximum atomic E-state index is 5.41. The zero-order chi connectivity index (χ0) is 12.3. The Morgan fingerprint density at radius 1 is 0.824 bits per heavy atom. The molecule has 0 aliphatic carbocycles. The standard InChI is InChI=1S/C14H15O2P/c1-15-11-7-4-3-6-10(11)14-12(16-2)8-5-9-13(14)17/h3-9H,17H2,1-2H3. The van der Waals surface area contributed by atoms with Gasteiger partial charge in [0.1, 0.15) is 11.5 Å². The first-order valence-electron chi connectivity index (χ1n) is 5.33. The van der Waals surface area contributed by atoms with Crippen molar-refractivity contribution in [2.24, 2.45) is 0 Å². The molecule has 2 aromatic carbocycles. The van der Waals surface area contributed by atoms with Crippen molar-refractivity contribution in [2.75, 3.05) is 14.2 Å². The van der Waals surface area contributed by atoms with Crippen molar-refractivity contribution in [2.45, 2.75) is 0 Å². The molecule has 0 saturated carbocycles. The monoisotopic (exact) mass is 246 g/mol. The van der Waals surface area contributed by atoms with E-state index in [9.17, 15) is 0 Å². The number of rotatable bonds is 3. The fourth-order valence-electron chi connectivity index (χ4n) is 1.86. The normalized spacial score (nSPS) is 10.1. The first kappa shape index (κ1) is 11.9. The highest BCUT2D eigenvalue weighted by Gasteiger charge is 2.12. The van der Waals surface area contributed by atoms with Gasteiger partial charge in [0.2, 0.25) is 0 Å². The molecule has 0 aromatic heterocycles. The molecule has 2 aromatic rings. The summed E-state index contributed by atoms with van der Waals surface area (Å²) in [4.78, 5) is 0. The van der Waals surface area contributed by atoms with Crippen LogP contribution < -0.4 is 14.8 Å². The molecule has 0 fully saturated rings. The van der Waals surface area contributed by atoms with Crippen molar-refractivity contribution in [1.82, 2.24) is 0 Å². The molecule has 0 heterocycles. The number of para-hydroxylation sites is 1. The van der Waals surface area contributed by atoms with Crippen LogP contribution in [-0.4, -0.2) is 14.2 Å². The maximum Gasteiger partial charge on any atom is 0.127 e. The quantitative estimate of drug-likeness (QED) is 0.775. The minimum Gasteiger partial charge on any atom is -0.496 e. The summed E-state index contributed by atoms with van der Waals surface area (Å²) in [5.74, 6) is 1.70. The smallest absolute Gasteiger partial charge is 0.127 e. The summed E-state index contributed by atoms with van der Waals surface area (Å²) < 4.78 is 10.8. The molecule has 1 unspecified atom stereocenters. The Bertz CT molecular complexity index is 523. The van der Waals surface area contributed by atoms with E-state index in [1.165, 1.54) is 0 Å². The molecule has 1 atom stereocenters. The molecule has 0 spiro atoms. The molecular weight excluding hydrogens is 231 g/mol. The van der Waals surface area contributed by atoms with Gasteiger partial charge in [-0.05, 0) is 17.4 Å². The fourth-order valence-corrected chi connectivity index (χ4v) is 2.27. The summed E-state index contributed by atoms with van der Waals surface area (Å²) in [6, 6.07) is 13.9. The Morgan fingerprint density at radius 3 is 2.18 bits per heavy atom. The van der Waals surface area contributed by atoms with E-state index in [0.29, 0.717) is 0 Å². The van der Waals surface area contributed by atoms with Crippen molar-refractivity contribution < 1.29 is 9.47 Å². The van der Waals surface area contributed by atoms with Crippen molar-refractivity contribution >= 4 is 14.5 Å². The minimum atomic E-state index is 0.848. The summed E-state index contributed by atoms with van der Waals surface area (Å²) in [7, 11) is 6.09. The van der Waals surface area contributed by atoms with Gasteiger partial charge in [0.05, 0.1) is 14.2 Å². The summed E-state index contributed by atoms with van der Waals surface area (Å²) in [6.07, 6.45) is 0. The SMILES string of the molecule is COc1ccccc1-c1c(P)cccc1OC. The van der Waals surface area contributed by atoms with E-state index < -0.39 is 0 Å². The first-order valence-corrected chi connectivity index (χ1v) is 5.91. The first-order chi connectivity index (χ1) is 8.27. The van der Waals surface area contributed by atoms with Crippen molar-refractivity contribution in [3.63, 3.8) is 0 Å². The van der Waals surface area contributed by atoms with Crippen LogP contribution in [0.25, 0.3) is 11.1 Å². The molecule has 0 bridgehead atoms. The molecular formula is C14H15O2P. The molecule has 3 heteroatoms. The van der Waals surface area contributed by atoms with E-state index in [4.69, 9.17) is 9.47 Å². The lowest BCUT2D eigenvalue weighted by atomic mass is 10.0. The predicted molar refractivity (Wildman–Crippen MR) is 74.3 cm³/mol. The lowest BCUT2D eigenvalue weighted by molar-refractivity contribution is 0.410. The van der Waals surface area contributed by atoms with E-state index >= 15 is 0 Å². The topological polar surface area (TPSA) is 18.5 Å². The zero-order valence-corrected chi connectivity index (χ0v) is 11.1. The predicted octanol–water partition coefficient (Wildman–Crippen LogP) is 2.87. The summed E-state index contributed by atoms with van der Waals surface area (Å²) in [6.45, 7) is 0. The zero-order valence-electron chi connectivity index (χ0n) is 9.94. The van der Waals surface area contributed by atoms with Crippen LogP contribution in [0.2, 0.25) is 0 Å². The van der Waals surface area contributed by atoms with Gasteiger partial charge in [0.15, 0.2) is 0 Å². The van der Waals surface area contributed by atoms with E-state index in [0.717, 1.165) is 27.9 Å². The van der Waals surface area contributed by atoms with Gasteiger partial charge >= 0.3 is 0 Å². The Hall–Kier alpha value is -1.53. The average Bonchev–Trinajstić information content (AvgIpc) is 2.38. The van der Waals surface area contributed by atoms with E-state index in [2.05, 4.69) is 9.24 Å². The number of hydrogen-bond acceptors (Lipinski definition) is 2. The van der Waals surface area contributed by atoms with Gasteiger partial charge in [-0.1, -0.05) is 30.3 Å². The largest absolute Gasteiger partial charge is 0.496 e. The van der Waals surface area contributed by atoms with Crippen LogP contribution in [0.4, 0.5) is 0 Å². The number of methoxy groups -OCH3 is 2. The molecule has 0 N–H and O–H groups in total. The van der Waals surface area contributed by atoms with Crippen LogP contribution in [0.5, 0.6) is 11.5 Å². The van der Waals surface area contributed by atoms with Gasteiger partial charge in [-0.15, -0.1) is 9.24 Å². The highest BCUT2D eigenvalue weighted by Crippen LogP contribution is 2.35. The average molecular weight is 246 g/mol. The van der Waals surface area contributed by atoms with Gasteiger partial charge in [-0.25, -0.2) is 0 Å². The van der Waals surface area contributed by atoms with Crippen LogP contribution in [0.1, 0.15) is 0 Å². The molecule has 17 heavy (non-hydrogen) atoms. The second-order valence-electron chi connectivity index (χ2n) is 3.62. The summed E-state index contributed by atoms with van der Waals surface area (Å²) in [5, 5.41) is 1.09. The molecule has 0 aliphatic heterocycles. The van der Waals surface area contributed by atoms with Gasteiger partial charge in [0.25, 0.3) is 0 Å². The van der Waals surface area contributed by atoms with Gasteiger partial charge in [-0.2, -0.15) is 0 Å². The van der Waals surface area contributed by atoms with Gasteiger partial charge in [-0.3, -0.25) is 0 Å². The van der Waals surface area contributed by atoms with Crippen molar-refractivity contribution in [1.29, 1.82) is 0 Å². The lowest BCUT2D eigenvalue weighted by Gasteiger charge is -2.14. The van der Waals surface area contributed by atoms with Crippen LogP contribution in [-0.2, 0) is 0 Å². The molecule has 0 saturated heterocycles. The summed E-state index contributed by atoms with van der Waals surface area (Å²) >= 11 is 0. The van der Waals surface area contributed by atoms with Crippen molar-refractivity contribution in [3.05, 3.63) is 42.5 Å². The van der Waals surface area contributed by atoms with E-state index in [-0.39, 0.29) is 0 Å². The van der Waals surface area contributed by atoms with Crippen LogP contribution in [0.3, 0.4) is 0 Å². The molecule has 0 amide bonds. The Kier molecular flexibility index (Phi) is 3.65. The highest BCUT2D eigenvalue weighted by atomic mass is 31.0. The highest BCUT2D eigenvalue weighted by molar-refractivity contribution is 7.28. The number of ether oxygens (including phenoxy) is 2. The maximum absolute atomic E-state index is 5.41.